The highest BCUT2D eigenvalue weighted by Gasteiger charge is 2.35. The number of alkyl halides is 3. The van der Waals surface area contributed by atoms with Crippen molar-refractivity contribution in [3.8, 4) is 0 Å². The fraction of sp³-hybridized carbons (Fsp3) is 0.364. The van der Waals surface area contributed by atoms with Gasteiger partial charge in [0, 0.05) is 29.4 Å². The Morgan fingerprint density at radius 2 is 2.00 bits per heavy atom. The van der Waals surface area contributed by atoms with E-state index >= 15 is 0 Å². The highest BCUT2D eigenvalue weighted by Crippen LogP contribution is 2.32. The van der Waals surface area contributed by atoms with E-state index in [2.05, 4.69) is 5.32 Å². The van der Waals surface area contributed by atoms with E-state index in [-0.39, 0.29) is 12.3 Å². The quantitative estimate of drug-likeness (QED) is 0.864. The van der Waals surface area contributed by atoms with Crippen LogP contribution in [-0.2, 0) is 17.0 Å². The fourth-order valence-electron chi connectivity index (χ4n) is 1.33. The Morgan fingerprint density at radius 3 is 2.53 bits per heavy atom. The van der Waals surface area contributed by atoms with Crippen LogP contribution in [0, 0.1) is 5.82 Å². The number of nitrogens with one attached hydrogen (secondary N) is 1. The van der Waals surface area contributed by atoms with Crippen LogP contribution in [0.4, 0.5) is 17.6 Å². The van der Waals surface area contributed by atoms with Crippen LogP contribution in [-0.4, -0.2) is 28.7 Å². The number of carbonyl (C=O) groups excluding carboxylic acids is 1. The summed E-state index contributed by atoms with van der Waals surface area (Å²) in [7, 11) is -1.15. The predicted octanol–water partition coefficient (Wildman–Crippen LogP) is 1.95. The normalized spacial score (nSPS) is 13.1. The highest BCUT2D eigenvalue weighted by atomic mass is 32.2. The van der Waals surface area contributed by atoms with Crippen LogP contribution in [0.3, 0.4) is 0 Å². The summed E-state index contributed by atoms with van der Waals surface area (Å²) in [6, 6.07) is 2.48. The van der Waals surface area contributed by atoms with Crippen LogP contribution < -0.4 is 5.32 Å². The SMILES string of the molecule is CS(=O)CCNC(=O)c1cccc(C(F)(F)F)c1F. The van der Waals surface area contributed by atoms with Crippen molar-refractivity contribution in [2.45, 2.75) is 6.18 Å². The van der Waals surface area contributed by atoms with Crippen molar-refractivity contribution in [1.82, 2.24) is 5.32 Å². The Morgan fingerprint density at radius 1 is 1.37 bits per heavy atom. The van der Waals surface area contributed by atoms with Crippen LogP contribution in [0.5, 0.6) is 0 Å². The zero-order valence-electron chi connectivity index (χ0n) is 9.88. The smallest absolute Gasteiger partial charge is 0.351 e. The Balaban J connectivity index is 2.90. The number of carbonyl (C=O) groups is 1. The summed E-state index contributed by atoms with van der Waals surface area (Å²) in [5, 5.41) is 2.21. The molecule has 8 heteroatoms. The van der Waals surface area contributed by atoms with Crippen LogP contribution >= 0.6 is 0 Å². The van der Waals surface area contributed by atoms with Crippen LogP contribution in [0.15, 0.2) is 18.2 Å². The monoisotopic (exact) mass is 297 g/mol. The lowest BCUT2D eigenvalue weighted by atomic mass is 10.1. The molecule has 0 radical (unpaired) electrons. The van der Waals surface area contributed by atoms with E-state index in [1.807, 2.05) is 0 Å². The molecule has 0 saturated carbocycles. The second-order valence-corrected chi connectivity index (χ2v) is 5.25. The minimum absolute atomic E-state index is 0.00235. The van der Waals surface area contributed by atoms with Crippen LogP contribution in [0.25, 0.3) is 0 Å². The largest absolute Gasteiger partial charge is 0.419 e. The third-order valence-corrected chi connectivity index (χ3v) is 3.00. The molecule has 0 aliphatic carbocycles. The minimum Gasteiger partial charge on any atom is -0.351 e. The molecule has 1 rings (SSSR count). The molecule has 0 saturated heterocycles. The fourth-order valence-corrected chi connectivity index (χ4v) is 1.72. The van der Waals surface area contributed by atoms with Crippen LogP contribution in [0.1, 0.15) is 15.9 Å². The van der Waals surface area contributed by atoms with Gasteiger partial charge in [-0.3, -0.25) is 9.00 Å². The van der Waals surface area contributed by atoms with E-state index < -0.39 is 39.8 Å². The molecule has 0 heterocycles. The van der Waals surface area contributed by atoms with E-state index in [0.717, 1.165) is 12.1 Å². The summed E-state index contributed by atoms with van der Waals surface area (Å²) in [6.45, 7) is -0.00235. The van der Waals surface area contributed by atoms with Gasteiger partial charge in [0.25, 0.3) is 5.91 Å². The maximum absolute atomic E-state index is 13.6. The van der Waals surface area contributed by atoms with E-state index in [0.29, 0.717) is 6.07 Å². The molecule has 1 N–H and O–H groups in total. The minimum atomic E-state index is -4.86. The molecule has 1 amide bonds. The third kappa shape index (κ3) is 4.30. The zero-order valence-corrected chi connectivity index (χ0v) is 10.7. The van der Waals surface area contributed by atoms with Gasteiger partial charge in [-0.1, -0.05) is 6.07 Å². The first-order chi connectivity index (χ1) is 8.73. The molecule has 1 aromatic rings. The van der Waals surface area contributed by atoms with Gasteiger partial charge in [-0.15, -0.1) is 0 Å². The number of rotatable bonds is 4. The average Bonchev–Trinajstić information content (AvgIpc) is 2.26. The first kappa shape index (κ1) is 15.6. The first-order valence-electron chi connectivity index (χ1n) is 5.17. The number of amides is 1. The van der Waals surface area contributed by atoms with Gasteiger partial charge < -0.3 is 5.32 Å². The van der Waals surface area contributed by atoms with Crippen molar-refractivity contribution in [3.05, 3.63) is 35.1 Å². The Labute approximate surface area is 109 Å². The van der Waals surface area contributed by atoms with Gasteiger partial charge >= 0.3 is 6.18 Å². The molecule has 0 aliphatic heterocycles. The number of benzene rings is 1. The maximum atomic E-state index is 13.6. The molecular formula is C11H11F4NO2S. The number of hydrogen-bond acceptors (Lipinski definition) is 2. The van der Waals surface area contributed by atoms with Crippen molar-refractivity contribution in [2.75, 3.05) is 18.6 Å². The maximum Gasteiger partial charge on any atom is 0.419 e. The first-order valence-corrected chi connectivity index (χ1v) is 6.90. The van der Waals surface area contributed by atoms with E-state index in [4.69, 9.17) is 0 Å². The van der Waals surface area contributed by atoms with E-state index in [1.165, 1.54) is 6.26 Å². The molecule has 0 spiro atoms. The lowest BCUT2D eigenvalue weighted by Crippen LogP contribution is -2.29. The second-order valence-electron chi connectivity index (χ2n) is 3.70. The molecule has 106 valence electrons. The van der Waals surface area contributed by atoms with Crippen LogP contribution in [0.2, 0.25) is 0 Å². The summed E-state index contributed by atoms with van der Waals surface area (Å²) < 4.78 is 61.6. The van der Waals surface area contributed by atoms with Crippen molar-refractivity contribution in [3.63, 3.8) is 0 Å². The summed E-state index contributed by atoms with van der Waals surface area (Å²) in [6.07, 6.45) is -3.44. The molecule has 3 nitrogen and oxygen atoms in total. The van der Waals surface area contributed by atoms with Crippen molar-refractivity contribution >= 4 is 16.7 Å². The number of halogens is 4. The molecule has 1 atom stereocenters. The molecule has 1 unspecified atom stereocenters. The summed E-state index contributed by atoms with van der Waals surface area (Å²) in [4.78, 5) is 11.5. The van der Waals surface area contributed by atoms with Gasteiger partial charge in [0.1, 0.15) is 5.82 Å². The topological polar surface area (TPSA) is 46.2 Å². The summed E-state index contributed by atoms with van der Waals surface area (Å²) in [5.41, 5.74) is -2.17. The van der Waals surface area contributed by atoms with Crippen molar-refractivity contribution < 1.29 is 26.6 Å². The molecule has 1 aromatic carbocycles. The summed E-state index contributed by atoms with van der Waals surface area (Å²) >= 11 is 0. The Kier molecular flexibility index (Phi) is 5.04. The lowest BCUT2D eigenvalue weighted by Gasteiger charge is -2.11. The lowest BCUT2D eigenvalue weighted by molar-refractivity contribution is -0.140. The highest BCUT2D eigenvalue weighted by molar-refractivity contribution is 7.84. The average molecular weight is 297 g/mol. The zero-order chi connectivity index (χ0) is 14.6. The van der Waals surface area contributed by atoms with Gasteiger partial charge in [-0.2, -0.15) is 13.2 Å². The standard InChI is InChI=1S/C11H11F4NO2S/c1-19(18)6-5-16-10(17)7-3-2-4-8(9(7)12)11(13,14)15/h2-4H,5-6H2,1H3,(H,16,17). The van der Waals surface area contributed by atoms with E-state index in [9.17, 15) is 26.6 Å². The molecule has 0 aromatic heterocycles. The number of hydrogen-bond donors (Lipinski definition) is 1. The summed E-state index contributed by atoms with van der Waals surface area (Å²) in [5.74, 6) is -2.43. The Hall–Kier alpha value is -1.44. The van der Waals surface area contributed by atoms with Gasteiger partial charge in [0.15, 0.2) is 0 Å². The second kappa shape index (κ2) is 6.14. The molecule has 0 fully saturated rings. The Bertz CT molecular complexity index is 502. The van der Waals surface area contributed by atoms with E-state index in [1.54, 1.807) is 0 Å². The van der Waals surface area contributed by atoms with Gasteiger partial charge in [-0.05, 0) is 12.1 Å². The van der Waals surface area contributed by atoms with Crippen molar-refractivity contribution in [2.24, 2.45) is 0 Å². The molecule has 0 bridgehead atoms. The van der Waals surface area contributed by atoms with Gasteiger partial charge in [0.2, 0.25) is 0 Å². The molecule has 19 heavy (non-hydrogen) atoms. The van der Waals surface area contributed by atoms with Gasteiger partial charge in [-0.25, -0.2) is 4.39 Å². The molecule has 0 aliphatic rings. The molecular weight excluding hydrogens is 286 g/mol. The van der Waals surface area contributed by atoms with Crippen molar-refractivity contribution in [1.29, 1.82) is 0 Å². The van der Waals surface area contributed by atoms with Gasteiger partial charge in [0.05, 0.1) is 11.1 Å². The third-order valence-electron chi connectivity index (χ3n) is 2.22. The predicted molar refractivity (Wildman–Crippen MR) is 62.7 cm³/mol.